The van der Waals surface area contributed by atoms with Crippen LogP contribution in [0, 0.1) is 0 Å². The van der Waals surface area contributed by atoms with Gasteiger partial charge in [0.05, 0.1) is 5.69 Å². The van der Waals surface area contributed by atoms with Gasteiger partial charge in [0.2, 0.25) is 0 Å². The molecule has 4 nitrogen and oxygen atoms in total. The van der Waals surface area contributed by atoms with Crippen LogP contribution in [0.2, 0.25) is 0 Å². The predicted molar refractivity (Wildman–Crippen MR) is 56.2 cm³/mol. The average molecular weight is 207 g/mol. The third-order valence-corrected chi connectivity index (χ3v) is 2.34. The molecule has 0 aliphatic carbocycles. The molecule has 0 bridgehead atoms. The summed E-state index contributed by atoms with van der Waals surface area (Å²) in [5.41, 5.74) is 0.640. The van der Waals surface area contributed by atoms with Crippen molar-refractivity contribution < 1.29 is 14.6 Å². The van der Waals surface area contributed by atoms with Crippen LogP contribution in [-0.4, -0.2) is 23.7 Å². The van der Waals surface area contributed by atoms with E-state index in [1.54, 1.807) is 23.1 Å². The van der Waals surface area contributed by atoms with Crippen LogP contribution < -0.4 is 9.64 Å². The van der Waals surface area contributed by atoms with E-state index in [-0.39, 0.29) is 24.3 Å². The minimum atomic E-state index is -0.0805. The van der Waals surface area contributed by atoms with Crippen molar-refractivity contribution in [1.82, 2.24) is 0 Å². The van der Waals surface area contributed by atoms with Gasteiger partial charge < -0.3 is 14.7 Å². The van der Waals surface area contributed by atoms with Crippen molar-refractivity contribution in [3.8, 4) is 11.5 Å². The average Bonchev–Trinajstić information content (AvgIpc) is 2.16. The Bertz CT molecular complexity index is 401. The Kier molecular flexibility index (Phi) is 2.26. The van der Waals surface area contributed by atoms with Crippen molar-refractivity contribution in [2.45, 2.75) is 19.9 Å². The Morgan fingerprint density at radius 1 is 1.47 bits per heavy atom. The van der Waals surface area contributed by atoms with E-state index in [0.29, 0.717) is 11.4 Å². The van der Waals surface area contributed by atoms with E-state index in [9.17, 15) is 9.90 Å². The van der Waals surface area contributed by atoms with Crippen LogP contribution >= 0.6 is 0 Å². The molecule has 0 fully saturated rings. The third kappa shape index (κ3) is 1.63. The fourth-order valence-electron chi connectivity index (χ4n) is 1.73. The van der Waals surface area contributed by atoms with Crippen molar-refractivity contribution in [2.75, 3.05) is 11.5 Å². The number of phenolic OH excluding ortho intramolecular Hbond substituents is 1. The predicted octanol–water partition coefficient (Wildman–Crippen LogP) is 1.53. The Morgan fingerprint density at radius 2 is 2.20 bits per heavy atom. The molecule has 4 heteroatoms. The lowest BCUT2D eigenvalue weighted by molar-refractivity contribution is -0.121. The lowest BCUT2D eigenvalue weighted by Gasteiger charge is -2.32. The van der Waals surface area contributed by atoms with Crippen molar-refractivity contribution in [3.05, 3.63) is 18.2 Å². The zero-order chi connectivity index (χ0) is 11.0. The fourth-order valence-corrected chi connectivity index (χ4v) is 1.73. The van der Waals surface area contributed by atoms with Gasteiger partial charge in [0.15, 0.2) is 6.61 Å². The highest BCUT2D eigenvalue weighted by Gasteiger charge is 2.27. The number of phenols is 1. The second-order valence-electron chi connectivity index (χ2n) is 3.80. The van der Waals surface area contributed by atoms with Crippen molar-refractivity contribution >= 4 is 11.6 Å². The molecule has 0 spiro atoms. The molecule has 80 valence electrons. The number of carbonyl (C=O) groups is 1. The molecule has 0 saturated carbocycles. The zero-order valence-electron chi connectivity index (χ0n) is 8.73. The first-order chi connectivity index (χ1) is 7.09. The standard InChI is InChI=1S/C11H13NO3/c1-7(2)12-9-5-8(13)3-4-10(9)15-6-11(12)14/h3-5,7,13H,6H2,1-2H3. The highest BCUT2D eigenvalue weighted by molar-refractivity contribution is 5.98. The smallest absolute Gasteiger partial charge is 0.265 e. The molecular formula is C11H13NO3. The Labute approximate surface area is 88.1 Å². The summed E-state index contributed by atoms with van der Waals surface area (Å²) in [7, 11) is 0. The van der Waals surface area contributed by atoms with E-state index in [4.69, 9.17) is 4.74 Å². The summed E-state index contributed by atoms with van der Waals surface area (Å²) in [5, 5.41) is 9.38. The van der Waals surface area contributed by atoms with E-state index in [1.807, 2.05) is 13.8 Å². The molecule has 1 aliphatic rings. The van der Waals surface area contributed by atoms with Crippen LogP contribution in [-0.2, 0) is 4.79 Å². The molecule has 1 N–H and O–H groups in total. The van der Waals surface area contributed by atoms with Gasteiger partial charge in [-0.1, -0.05) is 0 Å². The number of anilines is 1. The first-order valence-electron chi connectivity index (χ1n) is 4.87. The molecule has 2 rings (SSSR count). The monoisotopic (exact) mass is 207 g/mol. The highest BCUT2D eigenvalue weighted by atomic mass is 16.5. The summed E-state index contributed by atoms with van der Waals surface area (Å²) in [4.78, 5) is 13.3. The van der Waals surface area contributed by atoms with Gasteiger partial charge in [-0.05, 0) is 26.0 Å². The van der Waals surface area contributed by atoms with Gasteiger partial charge in [-0.2, -0.15) is 0 Å². The summed E-state index contributed by atoms with van der Waals surface area (Å²) < 4.78 is 5.27. The van der Waals surface area contributed by atoms with Crippen LogP contribution in [0.3, 0.4) is 0 Å². The second kappa shape index (κ2) is 3.46. The molecule has 0 unspecified atom stereocenters. The van der Waals surface area contributed by atoms with Crippen LogP contribution in [0.15, 0.2) is 18.2 Å². The molecule has 0 radical (unpaired) electrons. The number of hydrogen-bond acceptors (Lipinski definition) is 3. The number of hydrogen-bond donors (Lipinski definition) is 1. The minimum Gasteiger partial charge on any atom is -0.508 e. The largest absolute Gasteiger partial charge is 0.508 e. The Hall–Kier alpha value is -1.71. The van der Waals surface area contributed by atoms with Gasteiger partial charge in [0.1, 0.15) is 11.5 Å². The third-order valence-electron chi connectivity index (χ3n) is 2.34. The quantitative estimate of drug-likeness (QED) is 0.759. The number of fused-ring (bicyclic) bond motifs is 1. The van der Waals surface area contributed by atoms with Crippen molar-refractivity contribution in [1.29, 1.82) is 0 Å². The lowest BCUT2D eigenvalue weighted by atomic mass is 10.2. The number of aromatic hydroxyl groups is 1. The number of ether oxygens (including phenoxy) is 1. The zero-order valence-corrected chi connectivity index (χ0v) is 8.73. The minimum absolute atomic E-state index is 0.0574. The van der Waals surface area contributed by atoms with Crippen LogP contribution in [0.1, 0.15) is 13.8 Å². The normalized spacial score (nSPS) is 15.1. The van der Waals surface area contributed by atoms with Gasteiger partial charge in [-0.3, -0.25) is 4.79 Å². The first kappa shape index (κ1) is 9.83. The summed E-state index contributed by atoms with van der Waals surface area (Å²) in [6, 6.07) is 4.83. The molecule has 15 heavy (non-hydrogen) atoms. The van der Waals surface area contributed by atoms with Crippen LogP contribution in [0.25, 0.3) is 0 Å². The summed E-state index contributed by atoms with van der Waals surface area (Å²) in [6.07, 6.45) is 0. The number of carbonyl (C=O) groups excluding carboxylic acids is 1. The van der Waals surface area contributed by atoms with Crippen molar-refractivity contribution in [2.24, 2.45) is 0 Å². The Balaban J connectivity index is 2.50. The molecule has 0 atom stereocenters. The van der Waals surface area contributed by atoms with E-state index in [1.165, 1.54) is 0 Å². The molecule has 1 aromatic carbocycles. The summed E-state index contributed by atoms with van der Waals surface area (Å²) in [6.45, 7) is 3.92. The summed E-state index contributed by atoms with van der Waals surface area (Å²) in [5.74, 6) is 0.696. The number of amides is 1. The maximum Gasteiger partial charge on any atom is 0.265 e. The number of benzene rings is 1. The highest BCUT2D eigenvalue weighted by Crippen LogP contribution is 2.35. The molecule has 1 aliphatic heterocycles. The first-order valence-corrected chi connectivity index (χ1v) is 4.87. The van der Waals surface area contributed by atoms with E-state index in [0.717, 1.165) is 0 Å². The Morgan fingerprint density at radius 3 is 2.87 bits per heavy atom. The van der Waals surface area contributed by atoms with Gasteiger partial charge in [0, 0.05) is 12.1 Å². The molecule has 1 aromatic rings. The van der Waals surface area contributed by atoms with Gasteiger partial charge in [-0.25, -0.2) is 0 Å². The molecule has 0 aromatic heterocycles. The molecular weight excluding hydrogens is 194 g/mol. The number of rotatable bonds is 1. The lowest BCUT2D eigenvalue weighted by Crippen LogP contribution is -2.43. The maximum absolute atomic E-state index is 11.6. The molecule has 1 heterocycles. The maximum atomic E-state index is 11.6. The second-order valence-corrected chi connectivity index (χ2v) is 3.80. The van der Waals surface area contributed by atoms with E-state index >= 15 is 0 Å². The fraction of sp³-hybridized carbons (Fsp3) is 0.364. The SMILES string of the molecule is CC(C)N1C(=O)COc2ccc(O)cc21. The topological polar surface area (TPSA) is 49.8 Å². The molecule has 1 amide bonds. The van der Waals surface area contributed by atoms with Gasteiger partial charge in [0.25, 0.3) is 5.91 Å². The van der Waals surface area contributed by atoms with Crippen LogP contribution in [0.4, 0.5) is 5.69 Å². The number of nitrogens with zero attached hydrogens (tertiary/aromatic N) is 1. The van der Waals surface area contributed by atoms with E-state index in [2.05, 4.69) is 0 Å². The van der Waals surface area contributed by atoms with Crippen LogP contribution in [0.5, 0.6) is 11.5 Å². The van der Waals surface area contributed by atoms with Crippen molar-refractivity contribution in [3.63, 3.8) is 0 Å². The molecule has 0 saturated heterocycles. The van der Waals surface area contributed by atoms with Gasteiger partial charge >= 0.3 is 0 Å². The van der Waals surface area contributed by atoms with E-state index < -0.39 is 0 Å². The summed E-state index contributed by atoms with van der Waals surface area (Å²) >= 11 is 0. The van der Waals surface area contributed by atoms with Gasteiger partial charge in [-0.15, -0.1) is 0 Å².